The molecule has 1 saturated heterocycles. The minimum atomic E-state index is -2.94. The fourth-order valence-corrected chi connectivity index (χ4v) is 4.87. The molecule has 1 aliphatic rings. The maximum Gasteiger partial charge on any atom is 0.227 e. The van der Waals surface area contributed by atoms with Crippen molar-refractivity contribution in [3.05, 3.63) is 41.9 Å². The Morgan fingerprint density at radius 3 is 2.58 bits per heavy atom. The number of sulfone groups is 1. The van der Waals surface area contributed by atoms with Crippen LogP contribution in [0.4, 0.5) is 11.8 Å². The molecule has 0 amide bonds. The van der Waals surface area contributed by atoms with Crippen LogP contribution >= 0.6 is 0 Å². The van der Waals surface area contributed by atoms with Crippen molar-refractivity contribution in [2.75, 3.05) is 41.9 Å². The van der Waals surface area contributed by atoms with Gasteiger partial charge in [-0.05, 0) is 37.5 Å². The average Bonchev–Trinajstić information content (AvgIpc) is 2.99. The summed E-state index contributed by atoms with van der Waals surface area (Å²) >= 11 is 0. The van der Waals surface area contributed by atoms with E-state index in [1.54, 1.807) is 12.4 Å². The Morgan fingerprint density at radius 1 is 1.19 bits per heavy atom. The summed E-state index contributed by atoms with van der Waals surface area (Å²) in [5, 5.41) is 0. The first-order valence-electron chi connectivity index (χ1n) is 8.73. The van der Waals surface area contributed by atoms with Crippen LogP contribution in [-0.2, 0) is 16.3 Å². The summed E-state index contributed by atoms with van der Waals surface area (Å²) in [4.78, 5) is 17.2. The van der Waals surface area contributed by atoms with Crippen molar-refractivity contribution in [2.45, 2.75) is 25.8 Å². The highest BCUT2D eigenvalue weighted by Crippen LogP contribution is 2.22. The Hall–Kier alpha value is -2.22. The predicted molar refractivity (Wildman–Crippen MR) is 103 cm³/mol. The number of rotatable bonds is 6. The number of likely N-dealkylation sites (N-methyl/N-ethyl adjacent to an activating group) is 1. The number of aryl methyl sites for hydroxylation is 1. The molecule has 8 heteroatoms. The Kier molecular flexibility index (Phi) is 5.41. The van der Waals surface area contributed by atoms with Gasteiger partial charge in [-0.15, -0.1) is 0 Å². The second-order valence-corrected chi connectivity index (χ2v) is 9.09. The van der Waals surface area contributed by atoms with Gasteiger partial charge in [-0.1, -0.05) is 0 Å². The van der Waals surface area contributed by atoms with Crippen molar-refractivity contribution in [3.63, 3.8) is 0 Å². The van der Waals surface area contributed by atoms with E-state index in [4.69, 9.17) is 0 Å². The van der Waals surface area contributed by atoms with Crippen LogP contribution in [0.5, 0.6) is 0 Å². The molecule has 0 aromatic carbocycles. The molecule has 26 heavy (non-hydrogen) atoms. The van der Waals surface area contributed by atoms with E-state index >= 15 is 0 Å². The number of anilines is 2. The highest BCUT2D eigenvalue weighted by molar-refractivity contribution is 7.91. The molecule has 2 aromatic rings. The molecule has 0 aliphatic carbocycles. The van der Waals surface area contributed by atoms with Crippen LogP contribution < -0.4 is 9.80 Å². The second-order valence-electron chi connectivity index (χ2n) is 6.86. The van der Waals surface area contributed by atoms with Gasteiger partial charge in [0.1, 0.15) is 5.82 Å². The van der Waals surface area contributed by atoms with Crippen LogP contribution in [0.2, 0.25) is 0 Å². The molecule has 0 saturated carbocycles. The fraction of sp³-hybridized carbons (Fsp3) is 0.500. The molecule has 0 bridgehead atoms. The molecule has 1 unspecified atom stereocenters. The molecule has 3 heterocycles. The third kappa shape index (κ3) is 4.49. The van der Waals surface area contributed by atoms with E-state index in [9.17, 15) is 8.42 Å². The Bertz CT molecular complexity index is 857. The van der Waals surface area contributed by atoms with Gasteiger partial charge in [0.15, 0.2) is 9.84 Å². The number of aromatic nitrogens is 3. The van der Waals surface area contributed by atoms with Gasteiger partial charge in [0.2, 0.25) is 5.95 Å². The first-order chi connectivity index (χ1) is 12.3. The van der Waals surface area contributed by atoms with Gasteiger partial charge in [-0.3, -0.25) is 4.98 Å². The van der Waals surface area contributed by atoms with Crippen molar-refractivity contribution in [2.24, 2.45) is 0 Å². The lowest BCUT2D eigenvalue weighted by Gasteiger charge is -2.26. The third-order valence-electron chi connectivity index (χ3n) is 4.78. The SMILES string of the molecule is Cc1cc(N(C)CCc2ccncc2)nc(N(C)C2CCS(=O)(=O)C2)n1. The van der Waals surface area contributed by atoms with Crippen LogP contribution in [0.3, 0.4) is 0 Å². The van der Waals surface area contributed by atoms with E-state index < -0.39 is 9.84 Å². The van der Waals surface area contributed by atoms with Gasteiger partial charge in [-0.2, -0.15) is 4.98 Å². The number of hydrogen-bond donors (Lipinski definition) is 0. The molecule has 0 N–H and O–H groups in total. The molecule has 1 fully saturated rings. The van der Waals surface area contributed by atoms with Crippen LogP contribution in [0.1, 0.15) is 17.7 Å². The fourth-order valence-electron chi connectivity index (χ4n) is 3.09. The van der Waals surface area contributed by atoms with Crippen molar-refractivity contribution >= 4 is 21.6 Å². The van der Waals surface area contributed by atoms with E-state index in [1.165, 1.54) is 5.56 Å². The highest BCUT2D eigenvalue weighted by Gasteiger charge is 2.32. The van der Waals surface area contributed by atoms with Gasteiger partial charge in [0.05, 0.1) is 11.5 Å². The van der Waals surface area contributed by atoms with Gasteiger partial charge in [-0.25, -0.2) is 13.4 Å². The summed E-state index contributed by atoms with van der Waals surface area (Å²) in [7, 11) is 0.946. The minimum absolute atomic E-state index is 0.0585. The van der Waals surface area contributed by atoms with E-state index in [2.05, 4.69) is 19.9 Å². The summed E-state index contributed by atoms with van der Waals surface area (Å²) in [5.74, 6) is 1.84. The lowest BCUT2D eigenvalue weighted by atomic mass is 10.2. The Morgan fingerprint density at radius 2 is 1.92 bits per heavy atom. The summed E-state index contributed by atoms with van der Waals surface area (Å²) in [6, 6.07) is 5.92. The largest absolute Gasteiger partial charge is 0.359 e. The summed E-state index contributed by atoms with van der Waals surface area (Å²) in [6.45, 7) is 2.76. The summed E-state index contributed by atoms with van der Waals surface area (Å²) in [5.41, 5.74) is 2.10. The van der Waals surface area contributed by atoms with E-state index in [-0.39, 0.29) is 17.5 Å². The molecule has 2 aromatic heterocycles. The van der Waals surface area contributed by atoms with Gasteiger partial charge in [0, 0.05) is 50.8 Å². The highest BCUT2D eigenvalue weighted by atomic mass is 32.2. The normalized spacial score (nSPS) is 18.7. The number of nitrogens with zero attached hydrogens (tertiary/aromatic N) is 5. The zero-order chi connectivity index (χ0) is 18.7. The lowest BCUT2D eigenvalue weighted by molar-refractivity contribution is 0.600. The van der Waals surface area contributed by atoms with Crippen molar-refractivity contribution in [3.8, 4) is 0 Å². The maximum atomic E-state index is 11.8. The zero-order valence-electron chi connectivity index (χ0n) is 15.5. The summed E-state index contributed by atoms with van der Waals surface area (Å²) in [6.07, 6.45) is 5.12. The van der Waals surface area contributed by atoms with Crippen LogP contribution in [0, 0.1) is 6.92 Å². The second kappa shape index (κ2) is 7.57. The quantitative estimate of drug-likeness (QED) is 0.757. The summed E-state index contributed by atoms with van der Waals surface area (Å²) < 4.78 is 23.5. The smallest absolute Gasteiger partial charge is 0.227 e. The van der Waals surface area contributed by atoms with E-state index in [0.717, 1.165) is 24.5 Å². The Labute approximate surface area is 155 Å². The Balaban J connectivity index is 1.72. The minimum Gasteiger partial charge on any atom is -0.359 e. The van der Waals surface area contributed by atoms with Gasteiger partial charge < -0.3 is 9.80 Å². The lowest BCUT2D eigenvalue weighted by Crippen LogP contribution is -2.34. The van der Waals surface area contributed by atoms with E-state index in [1.807, 2.05) is 44.1 Å². The van der Waals surface area contributed by atoms with Gasteiger partial charge in [0.25, 0.3) is 0 Å². The molecule has 1 atom stereocenters. The molecule has 0 spiro atoms. The van der Waals surface area contributed by atoms with Gasteiger partial charge >= 0.3 is 0 Å². The monoisotopic (exact) mass is 375 g/mol. The molecular formula is C18H25N5O2S. The number of hydrogen-bond acceptors (Lipinski definition) is 7. The zero-order valence-corrected chi connectivity index (χ0v) is 16.3. The first kappa shape index (κ1) is 18.6. The molecule has 0 radical (unpaired) electrons. The van der Waals surface area contributed by atoms with Crippen molar-refractivity contribution in [1.29, 1.82) is 0 Å². The van der Waals surface area contributed by atoms with Crippen LogP contribution in [-0.4, -0.2) is 61.6 Å². The topological polar surface area (TPSA) is 79.3 Å². The number of pyridine rings is 1. The van der Waals surface area contributed by atoms with E-state index in [0.29, 0.717) is 12.4 Å². The first-order valence-corrected chi connectivity index (χ1v) is 10.6. The van der Waals surface area contributed by atoms with Crippen LogP contribution in [0.15, 0.2) is 30.6 Å². The maximum absolute atomic E-state index is 11.8. The van der Waals surface area contributed by atoms with Crippen molar-refractivity contribution < 1.29 is 8.42 Å². The van der Waals surface area contributed by atoms with Crippen molar-refractivity contribution in [1.82, 2.24) is 15.0 Å². The van der Waals surface area contributed by atoms with Crippen LogP contribution in [0.25, 0.3) is 0 Å². The average molecular weight is 375 g/mol. The molecular weight excluding hydrogens is 350 g/mol. The standard InChI is InChI=1S/C18H25N5O2S/c1-14-12-17(22(2)10-6-15-4-8-19-9-5-15)21-18(20-14)23(3)16-7-11-26(24,25)13-16/h4-5,8-9,12,16H,6-7,10-11,13H2,1-3H3. The molecule has 1 aliphatic heterocycles. The predicted octanol–water partition coefficient (Wildman–Crippen LogP) is 1.48. The molecule has 140 valence electrons. The third-order valence-corrected chi connectivity index (χ3v) is 6.53. The molecule has 7 nitrogen and oxygen atoms in total. The molecule has 3 rings (SSSR count).